The molecule has 1 atom stereocenters. The van der Waals surface area contributed by atoms with E-state index in [1.165, 1.54) is 6.07 Å². The molecule has 0 saturated carbocycles. The molecule has 7 heteroatoms. The Hall–Kier alpha value is 0.720. The quantitative estimate of drug-likeness (QED) is 0.629. The fourth-order valence-electron chi connectivity index (χ4n) is 0.930. The molecule has 2 N–H and O–H groups in total. The third-order valence-corrected chi connectivity index (χ3v) is 3.26. The van der Waals surface area contributed by atoms with E-state index in [1.54, 1.807) is 12.1 Å². The fraction of sp³-hybridized carbons (Fsp3) is 0.250. The summed E-state index contributed by atoms with van der Waals surface area (Å²) in [7, 11) is 0. The third-order valence-electron chi connectivity index (χ3n) is 1.65. The second-order valence-electron chi connectivity index (χ2n) is 2.69. The van der Waals surface area contributed by atoms with Crippen LogP contribution in [0, 0.1) is 7.14 Å². The van der Waals surface area contributed by atoms with E-state index >= 15 is 0 Å². The summed E-state index contributed by atoms with van der Waals surface area (Å²) < 4.78 is 38.3. The molecule has 15 heavy (non-hydrogen) atoms. The van der Waals surface area contributed by atoms with Crippen molar-refractivity contribution in [3.05, 3.63) is 30.9 Å². The molecular formula is C8H7ClF3I2N. The molecule has 0 aliphatic carbocycles. The molecule has 0 aliphatic rings. The summed E-state index contributed by atoms with van der Waals surface area (Å²) in [5.41, 5.74) is 5.21. The summed E-state index contributed by atoms with van der Waals surface area (Å²) in [6.07, 6.45) is -4.38. The van der Waals surface area contributed by atoms with Crippen molar-refractivity contribution in [1.29, 1.82) is 0 Å². The van der Waals surface area contributed by atoms with Crippen molar-refractivity contribution < 1.29 is 13.2 Å². The van der Waals surface area contributed by atoms with Crippen molar-refractivity contribution in [3.63, 3.8) is 0 Å². The molecule has 0 radical (unpaired) electrons. The third kappa shape index (κ3) is 4.23. The van der Waals surface area contributed by atoms with Gasteiger partial charge in [-0.15, -0.1) is 12.4 Å². The number of rotatable bonds is 1. The van der Waals surface area contributed by atoms with Crippen LogP contribution in [0.4, 0.5) is 13.2 Å². The van der Waals surface area contributed by atoms with Crippen LogP contribution in [-0.4, -0.2) is 6.18 Å². The topological polar surface area (TPSA) is 26.0 Å². The lowest BCUT2D eigenvalue weighted by molar-refractivity contribution is -0.149. The van der Waals surface area contributed by atoms with Crippen LogP contribution in [0.25, 0.3) is 0 Å². The van der Waals surface area contributed by atoms with Crippen LogP contribution in [0.5, 0.6) is 0 Å². The normalized spacial score (nSPS) is 13.2. The van der Waals surface area contributed by atoms with Gasteiger partial charge in [-0.25, -0.2) is 0 Å². The van der Waals surface area contributed by atoms with Crippen LogP contribution in [-0.2, 0) is 0 Å². The summed E-state index contributed by atoms with van der Waals surface area (Å²) in [4.78, 5) is 0. The lowest BCUT2D eigenvalue weighted by Crippen LogP contribution is -2.29. The Morgan fingerprint density at radius 3 is 2.13 bits per heavy atom. The van der Waals surface area contributed by atoms with E-state index in [1.807, 2.05) is 45.2 Å². The first-order valence-corrected chi connectivity index (χ1v) is 5.75. The fourth-order valence-corrected chi connectivity index (χ4v) is 2.87. The van der Waals surface area contributed by atoms with Gasteiger partial charge in [0, 0.05) is 7.14 Å². The van der Waals surface area contributed by atoms with Gasteiger partial charge in [-0.2, -0.15) is 13.2 Å². The highest BCUT2D eigenvalue weighted by Crippen LogP contribution is 2.33. The molecule has 1 nitrogen and oxygen atoms in total. The molecule has 0 saturated heterocycles. The second kappa shape index (κ2) is 5.87. The number of hydrogen-bond acceptors (Lipinski definition) is 1. The van der Waals surface area contributed by atoms with Gasteiger partial charge in [0.15, 0.2) is 0 Å². The Morgan fingerprint density at radius 1 is 1.20 bits per heavy atom. The maximum absolute atomic E-state index is 12.3. The van der Waals surface area contributed by atoms with Gasteiger partial charge < -0.3 is 5.73 Å². The Morgan fingerprint density at radius 2 is 1.73 bits per heavy atom. The van der Waals surface area contributed by atoms with Crippen molar-refractivity contribution in [2.45, 2.75) is 12.2 Å². The van der Waals surface area contributed by atoms with Crippen LogP contribution in [0.1, 0.15) is 11.6 Å². The van der Waals surface area contributed by atoms with E-state index in [2.05, 4.69) is 0 Å². The molecule has 1 aromatic carbocycles. The SMILES string of the molecule is Cl.N[C@@H](c1ccc(I)cc1I)C(F)(F)F. The predicted octanol–water partition coefficient (Wildman–Crippen LogP) is 3.88. The van der Waals surface area contributed by atoms with E-state index in [9.17, 15) is 13.2 Å². The van der Waals surface area contributed by atoms with Crippen LogP contribution >= 0.6 is 57.6 Å². The number of nitrogens with two attached hydrogens (primary N) is 1. The van der Waals surface area contributed by atoms with Gasteiger partial charge in [0.1, 0.15) is 6.04 Å². The van der Waals surface area contributed by atoms with E-state index in [-0.39, 0.29) is 18.0 Å². The highest BCUT2D eigenvalue weighted by molar-refractivity contribution is 14.1. The predicted molar refractivity (Wildman–Crippen MR) is 72.1 cm³/mol. The Kier molecular flexibility index (Phi) is 6.16. The maximum Gasteiger partial charge on any atom is 0.407 e. The van der Waals surface area contributed by atoms with Crippen molar-refractivity contribution in [3.8, 4) is 0 Å². The monoisotopic (exact) mass is 463 g/mol. The standard InChI is InChI=1S/C8H6F3I2N.ClH/c9-8(10,11)7(14)5-2-1-4(12)3-6(5)13;/h1-3,7H,14H2;1H/t7-;/m0./s1. The molecule has 0 heterocycles. The minimum Gasteiger partial charge on any atom is -0.316 e. The molecule has 1 rings (SSSR count). The van der Waals surface area contributed by atoms with E-state index < -0.39 is 12.2 Å². The van der Waals surface area contributed by atoms with E-state index in [0.29, 0.717) is 3.57 Å². The van der Waals surface area contributed by atoms with Gasteiger partial charge in [0.25, 0.3) is 0 Å². The Labute approximate surface area is 119 Å². The molecular weight excluding hydrogens is 456 g/mol. The zero-order valence-electron chi connectivity index (χ0n) is 7.18. The lowest BCUT2D eigenvalue weighted by atomic mass is 10.1. The first-order valence-electron chi connectivity index (χ1n) is 3.59. The number of hydrogen-bond donors (Lipinski definition) is 1. The van der Waals surface area contributed by atoms with E-state index in [0.717, 1.165) is 3.57 Å². The summed E-state index contributed by atoms with van der Waals surface area (Å²) in [6, 6.07) is 2.80. The van der Waals surface area contributed by atoms with Crippen LogP contribution in [0.2, 0.25) is 0 Å². The first-order chi connectivity index (χ1) is 6.32. The number of benzene rings is 1. The van der Waals surface area contributed by atoms with Crippen LogP contribution in [0.15, 0.2) is 18.2 Å². The molecule has 0 aromatic heterocycles. The molecule has 0 bridgehead atoms. The second-order valence-corrected chi connectivity index (χ2v) is 5.09. The molecule has 86 valence electrons. The molecule has 0 aliphatic heterocycles. The summed E-state index contributed by atoms with van der Waals surface area (Å²) in [6.45, 7) is 0. The largest absolute Gasteiger partial charge is 0.407 e. The van der Waals surface area contributed by atoms with Crippen molar-refractivity contribution >= 4 is 57.6 Å². The molecule has 0 spiro atoms. The van der Waals surface area contributed by atoms with Crippen LogP contribution < -0.4 is 5.73 Å². The van der Waals surface area contributed by atoms with Gasteiger partial charge in [-0.1, -0.05) is 6.07 Å². The van der Waals surface area contributed by atoms with E-state index in [4.69, 9.17) is 5.73 Å². The summed E-state index contributed by atoms with van der Waals surface area (Å²) in [5.74, 6) is 0. The average Bonchev–Trinajstić information content (AvgIpc) is 2.01. The molecule has 0 unspecified atom stereocenters. The molecule has 0 fully saturated rings. The summed E-state index contributed by atoms with van der Waals surface area (Å²) in [5, 5.41) is 0. The minimum absolute atomic E-state index is 0. The smallest absolute Gasteiger partial charge is 0.316 e. The first kappa shape index (κ1) is 15.7. The average molecular weight is 463 g/mol. The highest BCUT2D eigenvalue weighted by Gasteiger charge is 2.38. The van der Waals surface area contributed by atoms with Crippen molar-refractivity contribution in [1.82, 2.24) is 0 Å². The van der Waals surface area contributed by atoms with Gasteiger partial charge in [0.05, 0.1) is 0 Å². The number of alkyl halides is 3. The number of halogens is 6. The molecule has 0 amide bonds. The Balaban J connectivity index is 0.00000196. The molecule has 1 aromatic rings. The van der Waals surface area contributed by atoms with Crippen molar-refractivity contribution in [2.75, 3.05) is 0 Å². The van der Waals surface area contributed by atoms with Gasteiger partial charge in [-0.05, 0) is 62.9 Å². The van der Waals surface area contributed by atoms with Crippen molar-refractivity contribution in [2.24, 2.45) is 5.73 Å². The summed E-state index contributed by atoms with van der Waals surface area (Å²) >= 11 is 3.90. The lowest BCUT2D eigenvalue weighted by Gasteiger charge is -2.17. The van der Waals surface area contributed by atoms with Gasteiger partial charge in [-0.3, -0.25) is 0 Å². The zero-order chi connectivity index (χ0) is 10.9. The van der Waals surface area contributed by atoms with Gasteiger partial charge >= 0.3 is 6.18 Å². The van der Waals surface area contributed by atoms with Crippen LogP contribution in [0.3, 0.4) is 0 Å². The van der Waals surface area contributed by atoms with Gasteiger partial charge in [0.2, 0.25) is 0 Å². The maximum atomic E-state index is 12.3. The Bertz CT molecular complexity index is 343. The zero-order valence-corrected chi connectivity index (χ0v) is 12.3. The minimum atomic E-state index is -4.38. The highest BCUT2D eigenvalue weighted by atomic mass is 127.